The second-order valence-electron chi connectivity index (χ2n) is 8.88. The molecule has 1 unspecified atom stereocenters. The number of aromatic nitrogens is 2. The van der Waals surface area contributed by atoms with Gasteiger partial charge in [-0.3, -0.25) is 18.7 Å². The second kappa shape index (κ2) is 9.59. The van der Waals surface area contributed by atoms with Crippen LogP contribution in [0.2, 0.25) is 0 Å². The molecule has 9 nitrogen and oxygen atoms in total. The van der Waals surface area contributed by atoms with Gasteiger partial charge in [0.2, 0.25) is 17.0 Å². The number of hydrogen-bond donors (Lipinski definition) is 0. The van der Waals surface area contributed by atoms with Crippen LogP contribution >= 0.6 is 0 Å². The van der Waals surface area contributed by atoms with Crippen LogP contribution in [0.5, 0.6) is 17.2 Å². The van der Waals surface area contributed by atoms with Gasteiger partial charge in [0.25, 0.3) is 0 Å². The Labute approximate surface area is 217 Å². The number of benzene rings is 3. The van der Waals surface area contributed by atoms with Crippen LogP contribution in [-0.4, -0.2) is 35.2 Å². The molecule has 0 radical (unpaired) electrons. The van der Waals surface area contributed by atoms with Gasteiger partial charge in [-0.05, 0) is 55.5 Å². The first-order chi connectivity index (χ1) is 18.2. The molecule has 0 bridgehead atoms. The van der Waals surface area contributed by atoms with Crippen molar-refractivity contribution in [3.05, 3.63) is 86.9 Å². The molecule has 0 saturated carbocycles. The number of carbonyl (C=O) groups is 1. The van der Waals surface area contributed by atoms with Gasteiger partial charge in [-0.1, -0.05) is 12.1 Å². The van der Waals surface area contributed by atoms with E-state index < -0.39 is 11.5 Å². The van der Waals surface area contributed by atoms with E-state index >= 15 is 0 Å². The van der Waals surface area contributed by atoms with Crippen molar-refractivity contribution in [1.82, 2.24) is 9.13 Å². The van der Waals surface area contributed by atoms with E-state index in [0.29, 0.717) is 44.6 Å². The zero-order chi connectivity index (χ0) is 27.1. The van der Waals surface area contributed by atoms with Crippen LogP contribution in [0, 0.1) is 0 Å². The Hall–Kier alpha value is -4.79. The lowest BCUT2D eigenvalue weighted by Crippen LogP contribution is -2.26. The summed E-state index contributed by atoms with van der Waals surface area (Å²) in [6.07, 6.45) is -1.03. The van der Waals surface area contributed by atoms with Gasteiger partial charge >= 0.3 is 5.69 Å². The van der Waals surface area contributed by atoms with E-state index in [1.54, 1.807) is 81.7 Å². The quantitative estimate of drug-likeness (QED) is 0.298. The minimum Gasteiger partial charge on any atom is -0.493 e. The van der Waals surface area contributed by atoms with E-state index in [1.807, 2.05) is 0 Å². The summed E-state index contributed by atoms with van der Waals surface area (Å²) in [5, 5.41) is 0.326. The predicted molar refractivity (Wildman–Crippen MR) is 144 cm³/mol. The molecule has 0 aliphatic rings. The molecule has 2 heterocycles. The molecule has 0 fully saturated rings. The largest absolute Gasteiger partial charge is 0.493 e. The number of ketones is 1. The molecule has 38 heavy (non-hydrogen) atoms. The molecule has 194 valence electrons. The van der Waals surface area contributed by atoms with E-state index in [2.05, 4.69) is 0 Å². The normalized spacial score (nSPS) is 12.0. The number of hydrogen-bond acceptors (Lipinski definition) is 7. The number of Topliss-reactive ketones (excluding diaryl/α,β-unsaturated/α-hetero) is 1. The van der Waals surface area contributed by atoms with Gasteiger partial charge in [0, 0.05) is 25.2 Å². The molecule has 1 atom stereocenters. The van der Waals surface area contributed by atoms with Crippen LogP contribution in [0.15, 0.2) is 74.7 Å². The standard InChI is InChI=1S/C29H26N2O7/c1-16(25(32)17-10-12-20-21(14-17)31(3)29(34)30(20)2)37-28-26(33)19-8-6-7-9-22(19)38-27(28)18-11-13-23(35-4)24(15-18)36-5/h6-16H,1-5H3. The van der Waals surface area contributed by atoms with Crippen LogP contribution in [-0.2, 0) is 14.1 Å². The van der Waals surface area contributed by atoms with Gasteiger partial charge in [0.15, 0.2) is 23.4 Å². The Kier molecular flexibility index (Phi) is 6.28. The van der Waals surface area contributed by atoms with Gasteiger partial charge in [-0.15, -0.1) is 0 Å². The van der Waals surface area contributed by atoms with Crippen molar-refractivity contribution in [2.75, 3.05) is 14.2 Å². The molecule has 5 rings (SSSR count). The highest BCUT2D eigenvalue weighted by molar-refractivity contribution is 6.02. The summed E-state index contributed by atoms with van der Waals surface area (Å²) in [6, 6.07) is 16.9. The van der Waals surface area contributed by atoms with Crippen LogP contribution < -0.4 is 25.3 Å². The molecule has 0 saturated heterocycles. The first kappa shape index (κ1) is 24.9. The summed E-state index contributed by atoms with van der Waals surface area (Å²) in [5.74, 6) is 0.669. The predicted octanol–water partition coefficient (Wildman–Crippen LogP) is 4.32. The van der Waals surface area contributed by atoms with Crippen LogP contribution in [0.3, 0.4) is 0 Å². The number of methoxy groups -OCH3 is 2. The molecule has 0 N–H and O–H groups in total. The van der Waals surface area contributed by atoms with Crippen LogP contribution in [0.4, 0.5) is 0 Å². The van der Waals surface area contributed by atoms with E-state index in [9.17, 15) is 14.4 Å². The number of fused-ring (bicyclic) bond motifs is 2. The monoisotopic (exact) mass is 514 g/mol. The zero-order valence-corrected chi connectivity index (χ0v) is 21.6. The number of carbonyl (C=O) groups excluding carboxylic acids is 1. The van der Waals surface area contributed by atoms with Crippen molar-refractivity contribution in [2.24, 2.45) is 14.1 Å². The number of imidazole rings is 1. The van der Waals surface area contributed by atoms with Gasteiger partial charge < -0.3 is 18.6 Å². The summed E-state index contributed by atoms with van der Waals surface area (Å²) in [5.41, 5.74) is 1.97. The third-order valence-electron chi connectivity index (χ3n) is 6.62. The molecule has 3 aromatic carbocycles. The Morgan fingerprint density at radius 1 is 0.868 bits per heavy atom. The molecule has 5 aromatic rings. The summed E-state index contributed by atoms with van der Waals surface area (Å²) in [4.78, 5) is 39.3. The van der Waals surface area contributed by atoms with E-state index in [1.165, 1.54) is 23.4 Å². The van der Waals surface area contributed by atoms with Crippen molar-refractivity contribution in [2.45, 2.75) is 13.0 Å². The van der Waals surface area contributed by atoms with Crippen molar-refractivity contribution >= 4 is 27.8 Å². The Bertz CT molecular complexity index is 1830. The topological polar surface area (TPSA) is 102 Å². The molecule has 0 aliphatic carbocycles. The molecule has 0 aliphatic heterocycles. The summed E-state index contributed by atoms with van der Waals surface area (Å²) < 4.78 is 25.9. The Balaban J connectivity index is 1.60. The number of nitrogens with zero attached hydrogens (tertiary/aromatic N) is 2. The van der Waals surface area contributed by atoms with Crippen LogP contribution in [0.1, 0.15) is 17.3 Å². The molecular weight excluding hydrogens is 488 g/mol. The highest BCUT2D eigenvalue weighted by Crippen LogP contribution is 2.37. The molecule has 0 spiro atoms. The third-order valence-corrected chi connectivity index (χ3v) is 6.62. The lowest BCUT2D eigenvalue weighted by atomic mass is 10.1. The minimum atomic E-state index is -1.03. The maximum atomic E-state index is 13.6. The lowest BCUT2D eigenvalue weighted by Gasteiger charge is -2.17. The van der Waals surface area contributed by atoms with E-state index in [4.69, 9.17) is 18.6 Å². The third kappa shape index (κ3) is 4.02. The highest BCUT2D eigenvalue weighted by atomic mass is 16.5. The smallest absolute Gasteiger partial charge is 0.328 e. The maximum absolute atomic E-state index is 13.6. The number of para-hydroxylation sites is 1. The fourth-order valence-electron chi connectivity index (χ4n) is 4.52. The minimum absolute atomic E-state index is 0.0926. The van der Waals surface area contributed by atoms with E-state index in [0.717, 1.165) is 0 Å². The molecular formula is C29H26N2O7. The fraction of sp³-hybridized carbons (Fsp3) is 0.207. The summed E-state index contributed by atoms with van der Waals surface area (Å²) >= 11 is 0. The molecule has 0 amide bonds. The SMILES string of the molecule is COc1ccc(-c2oc3ccccc3c(=O)c2OC(C)C(=O)c2ccc3c(c2)n(C)c(=O)n3C)cc1OC. The van der Waals surface area contributed by atoms with E-state index in [-0.39, 0.29) is 23.0 Å². The van der Waals surface area contributed by atoms with Crippen LogP contribution in [0.25, 0.3) is 33.3 Å². The van der Waals surface area contributed by atoms with Crippen molar-refractivity contribution in [3.8, 4) is 28.6 Å². The lowest BCUT2D eigenvalue weighted by molar-refractivity contribution is 0.0815. The van der Waals surface area contributed by atoms with Crippen molar-refractivity contribution < 1.29 is 23.4 Å². The van der Waals surface area contributed by atoms with Crippen molar-refractivity contribution in [3.63, 3.8) is 0 Å². The number of aryl methyl sites for hydroxylation is 2. The van der Waals surface area contributed by atoms with Gasteiger partial charge in [0.05, 0.1) is 30.6 Å². The average molecular weight is 515 g/mol. The number of rotatable bonds is 7. The van der Waals surface area contributed by atoms with Gasteiger partial charge in [0.1, 0.15) is 5.58 Å². The maximum Gasteiger partial charge on any atom is 0.328 e. The fourth-order valence-corrected chi connectivity index (χ4v) is 4.52. The molecule has 2 aromatic heterocycles. The summed E-state index contributed by atoms with van der Waals surface area (Å²) in [6.45, 7) is 1.57. The Morgan fingerprint density at radius 3 is 2.32 bits per heavy atom. The van der Waals surface area contributed by atoms with Gasteiger partial charge in [-0.25, -0.2) is 4.79 Å². The number of ether oxygens (including phenoxy) is 3. The first-order valence-corrected chi connectivity index (χ1v) is 11.9. The zero-order valence-electron chi connectivity index (χ0n) is 21.6. The van der Waals surface area contributed by atoms with Gasteiger partial charge in [-0.2, -0.15) is 0 Å². The highest BCUT2D eigenvalue weighted by Gasteiger charge is 2.25. The summed E-state index contributed by atoms with van der Waals surface area (Å²) in [7, 11) is 6.36. The second-order valence-corrected chi connectivity index (χ2v) is 8.88. The Morgan fingerprint density at radius 2 is 1.58 bits per heavy atom. The molecule has 9 heteroatoms. The average Bonchev–Trinajstić information content (AvgIpc) is 3.16. The first-order valence-electron chi connectivity index (χ1n) is 11.9. The van der Waals surface area contributed by atoms with Crippen molar-refractivity contribution in [1.29, 1.82) is 0 Å².